The Morgan fingerprint density at radius 2 is 2.11 bits per heavy atom. The lowest BCUT2D eigenvalue weighted by Crippen LogP contribution is -2.11. The van der Waals surface area contributed by atoms with Crippen LogP contribution in [-0.2, 0) is 19.4 Å². The molecule has 0 atom stereocenters. The molecule has 0 saturated carbocycles. The summed E-state index contributed by atoms with van der Waals surface area (Å²) >= 11 is 3.63. The number of aryl methyl sites for hydroxylation is 2. The summed E-state index contributed by atoms with van der Waals surface area (Å²) in [5.74, 6) is 0. The third-order valence-electron chi connectivity index (χ3n) is 3.20. The first-order valence-corrected chi connectivity index (χ1v) is 8.15. The van der Waals surface area contributed by atoms with Crippen LogP contribution in [0.4, 0.5) is 0 Å². The molecular weight excluding hydrogens is 262 g/mol. The van der Waals surface area contributed by atoms with Crippen LogP contribution in [0.25, 0.3) is 9.88 Å². The van der Waals surface area contributed by atoms with E-state index >= 15 is 0 Å². The average molecular weight is 279 g/mol. The van der Waals surface area contributed by atoms with Gasteiger partial charge in [-0.05, 0) is 43.9 Å². The van der Waals surface area contributed by atoms with Gasteiger partial charge in [0.05, 0.1) is 4.88 Å². The number of hydrogen-bond donors (Lipinski definition) is 1. The molecule has 3 nitrogen and oxygen atoms in total. The zero-order chi connectivity index (χ0) is 12.4. The molecule has 0 fully saturated rings. The third-order valence-corrected chi connectivity index (χ3v) is 5.53. The van der Waals surface area contributed by atoms with E-state index in [0.717, 1.165) is 23.1 Å². The van der Waals surface area contributed by atoms with Crippen LogP contribution in [0.2, 0.25) is 0 Å². The number of nitrogens with one attached hydrogen (secondary N) is 1. The maximum atomic E-state index is 4.32. The molecule has 0 aromatic carbocycles. The van der Waals surface area contributed by atoms with Crippen LogP contribution in [0, 0.1) is 0 Å². The Labute approximate surface area is 115 Å². The van der Waals surface area contributed by atoms with Gasteiger partial charge in [-0.15, -0.1) is 21.5 Å². The fourth-order valence-corrected chi connectivity index (χ4v) is 4.36. The van der Waals surface area contributed by atoms with Gasteiger partial charge in [0.2, 0.25) is 0 Å². The van der Waals surface area contributed by atoms with Crippen LogP contribution in [0.15, 0.2) is 6.07 Å². The second kappa shape index (κ2) is 5.47. The first kappa shape index (κ1) is 12.3. The molecule has 0 bridgehead atoms. The van der Waals surface area contributed by atoms with Gasteiger partial charge in [-0.1, -0.05) is 18.3 Å². The standard InChI is InChI=1S/C13H17N3S2/c1-2-14-8-12-15-16-13(18-12)11-7-9-5-3-4-6-10(9)17-11/h7,14H,2-6,8H2,1H3. The Morgan fingerprint density at radius 3 is 2.94 bits per heavy atom. The molecule has 2 aromatic rings. The predicted octanol–water partition coefficient (Wildman–Crippen LogP) is 3.25. The van der Waals surface area contributed by atoms with Crippen LogP contribution in [0.3, 0.4) is 0 Å². The smallest absolute Gasteiger partial charge is 0.157 e. The van der Waals surface area contributed by atoms with Gasteiger partial charge in [0.25, 0.3) is 0 Å². The molecule has 3 rings (SSSR count). The number of fused-ring (bicyclic) bond motifs is 1. The van der Waals surface area contributed by atoms with Crippen molar-refractivity contribution in [1.82, 2.24) is 15.5 Å². The summed E-state index contributed by atoms with van der Waals surface area (Å²) in [6, 6.07) is 2.33. The molecule has 5 heteroatoms. The summed E-state index contributed by atoms with van der Waals surface area (Å²) in [6.07, 6.45) is 5.18. The predicted molar refractivity (Wildman–Crippen MR) is 77.2 cm³/mol. The van der Waals surface area contributed by atoms with Crippen molar-refractivity contribution in [3.8, 4) is 9.88 Å². The van der Waals surface area contributed by atoms with E-state index in [1.165, 1.54) is 30.6 Å². The fraction of sp³-hybridized carbons (Fsp3) is 0.538. The molecule has 1 aliphatic carbocycles. The van der Waals surface area contributed by atoms with Gasteiger partial charge in [0, 0.05) is 11.4 Å². The SMILES string of the molecule is CCNCc1nnc(-c2cc3c(s2)CCCC3)s1. The van der Waals surface area contributed by atoms with E-state index in [9.17, 15) is 0 Å². The minimum absolute atomic E-state index is 0.833. The summed E-state index contributed by atoms with van der Waals surface area (Å²) < 4.78 is 0. The van der Waals surface area contributed by atoms with E-state index in [-0.39, 0.29) is 0 Å². The van der Waals surface area contributed by atoms with Crippen molar-refractivity contribution < 1.29 is 0 Å². The highest BCUT2D eigenvalue weighted by Gasteiger charge is 2.16. The van der Waals surface area contributed by atoms with Crippen molar-refractivity contribution in [2.75, 3.05) is 6.54 Å². The molecule has 96 valence electrons. The highest BCUT2D eigenvalue weighted by atomic mass is 32.1. The van der Waals surface area contributed by atoms with Gasteiger partial charge in [-0.3, -0.25) is 0 Å². The zero-order valence-electron chi connectivity index (χ0n) is 10.5. The summed E-state index contributed by atoms with van der Waals surface area (Å²) in [7, 11) is 0. The van der Waals surface area contributed by atoms with Crippen molar-refractivity contribution in [3.63, 3.8) is 0 Å². The second-order valence-corrected chi connectivity index (χ2v) is 6.75. The molecular formula is C13H17N3S2. The monoisotopic (exact) mass is 279 g/mol. The van der Waals surface area contributed by atoms with Gasteiger partial charge < -0.3 is 5.32 Å². The first-order chi connectivity index (χ1) is 8.86. The highest BCUT2D eigenvalue weighted by Crippen LogP contribution is 2.36. The van der Waals surface area contributed by atoms with Crippen LogP contribution in [0.1, 0.15) is 35.2 Å². The van der Waals surface area contributed by atoms with Crippen LogP contribution in [0.5, 0.6) is 0 Å². The summed E-state index contributed by atoms with van der Waals surface area (Å²) in [5, 5.41) is 14.0. The van der Waals surface area contributed by atoms with Crippen molar-refractivity contribution in [3.05, 3.63) is 21.5 Å². The molecule has 0 spiro atoms. The quantitative estimate of drug-likeness (QED) is 0.933. The molecule has 1 aliphatic rings. The average Bonchev–Trinajstić information content (AvgIpc) is 3.02. The molecule has 1 N–H and O–H groups in total. The number of thiophene rings is 1. The minimum Gasteiger partial charge on any atom is -0.311 e. The lowest BCUT2D eigenvalue weighted by molar-refractivity contribution is 0.697. The summed E-state index contributed by atoms with van der Waals surface area (Å²) in [6.45, 7) is 3.91. The summed E-state index contributed by atoms with van der Waals surface area (Å²) in [5.41, 5.74) is 1.55. The Kier molecular flexibility index (Phi) is 3.72. The molecule has 0 unspecified atom stereocenters. The molecule has 2 heterocycles. The van der Waals surface area contributed by atoms with E-state index < -0.39 is 0 Å². The van der Waals surface area contributed by atoms with Gasteiger partial charge in [0.1, 0.15) is 5.01 Å². The van der Waals surface area contributed by atoms with Gasteiger partial charge in [-0.2, -0.15) is 0 Å². The maximum Gasteiger partial charge on any atom is 0.157 e. The lowest BCUT2D eigenvalue weighted by Gasteiger charge is -2.08. The number of rotatable bonds is 4. The van der Waals surface area contributed by atoms with Crippen molar-refractivity contribution >= 4 is 22.7 Å². The maximum absolute atomic E-state index is 4.32. The van der Waals surface area contributed by atoms with E-state index in [0.29, 0.717) is 0 Å². The topological polar surface area (TPSA) is 37.8 Å². The van der Waals surface area contributed by atoms with Crippen LogP contribution < -0.4 is 5.32 Å². The Hall–Kier alpha value is -0.780. The highest BCUT2D eigenvalue weighted by molar-refractivity contribution is 7.21. The summed E-state index contributed by atoms with van der Waals surface area (Å²) in [4.78, 5) is 2.88. The molecule has 2 aromatic heterocycles. The van der Waals surface area contributed by atoms with Gasteiger partial charge in [-0.25, -0.2) is 0 Å². The second-order valence-electron chi connectivity index (χ2n) is 4.55. The Bertz CT molecular complexity index is 507. The van der Waals surface area contributed by atoms with Crippen LogP contribution in [-0.4, -0.2) is 16.7 Å². The molecule has 18 heavy (non-hydrogen) atoms. The van der Waals surface area contributed by atoms with E-state index in [4.69, 9.17) is 0 Å². The van der Waals surface area contributed by atoms with Crippen LogP contribution >= 0.6 is 22.7 Å². The van der Waals surface area contributed by atoms with E-state index in [1.807, 2.05) is 11.3 Å². The largest absolute Gasteiger partial charge is 0.311 e. The normalized spacial score (nSPS) is 14.7. The van der Waals surface area contributed by atoms with Crippen molar-refractivity contribution in [2.45, 2.75) is 39.2 Å². The van der Waals surface area contributed by atoms with Gasteiger partial charge >= 0.3 is 0 Å². The number of aromatic nitrogens is 2. The number of hydrogen-bond acceptors (Lipinski definition) is 5. The Balaban J connectivity index is 1.81. The Morgan fingerprint density at radius 1 is 1.22 bits per heavy atom. The van der Waals surface area contributed by atoms with Crippen molar-refractivity contribution in [2.24, 2.45) is 0 Å². The zero-order valence-corrected chi connectivity index (χ0v) is 12.2. The fourth-order valence-electron chi connectivity index (χ4n) is 2.25. The molecule has 0 amide bonds. The van der Waals surface area contributed by atoms with Crippen molar-refractivity contribution in [1.29, 1.82) is 0 Å². The first-order valence-electron chi connectivity index (χ1n) is 6.52. The minimum atomic E-state index is 0.833. The molecule has 0 aliphatic heterocycles. The van der Waals surface area contributed by atoms with E-state index in [2.05, 4.69) is 28.5 Å². The van der Waals surface area contributed by atoms with Gasteiger partial charge in [0.15, 0.2) is 5.01 Å². The number of nitrogens with zero attached hydrogens (tertiary/aromatic N) is 2. The molecule has 0 saturated heterocycles. The van der Waals surface area contributed by atoms with E-state index in [1.54, 1.807) is 21.8 Å². The molecule has 0 radical (unpaired) electrons. The lowest BCUT2D eigenvalue weighted by atomic mass is 9.99. The third kappa shape index (κ3) is 2.48.